The van der Waals surface area contributed by atoms with Crippen molar-refractivity contribution in [2.45, 2.75) is 35.2 Å². The molecule has 1 aromatic carbocycles. The van der Waals surface area contributed by atoms with E-state index in [9.17, 15) is 0 Å². The van der Waals surface area contributed by atoms with Crippen LogP contribution in [0.3, 0.4) is 0 Å². The largest absolute Gasteiger partial charge is 0.361 e. The van der Waals surface area contributed by atoms with Gasteiger partial charge in [0.15, 0.2) is 0 Å². The zero-order valence-corrected chi connectivity index (χ0v) is 14.1. The molecule has 3 atom stereocenters. The molecule has 2 heterocycles. The lowest BCUT2D eigenvalue weighted by molar-refractivity contribution is 0.305. The van der Waals surface area contributed by atoms with Crippen molar-refractivity contribution in [3.8, 4) is 0 Å². The van der Waals surface area contributed by atoms with Gasteiger partial charge in [0.2, 0.25) is 0 Å². The minimum atomic E-state index is -0.826. The van der Waals surface area contributed by atoms with Gasteiger partial charge in [0, 0.05) is 32.6 Å². The average molecular weight is 312 g/mol. The number of aromatic amines is 1. The van der Waals surface area contributed by atoms with Crippen molar-refractivity contribution in [3.05, 3.63) is 35.5 Å². The van der Waals surface area contributed by atoms with E-state index in [0.29, 0.717) is 6.42 Å². The highest BCUT2D eigenvalue weighted by molar-refractivity contribution is 7.84. The number of likely N-dealkylation sites (N-methyl/N-ethyl adjacent to an activating group) is 1. The van der Waals surface area contributed by atoms with Crippen LogP contribution >= 0.6 is 25.3 Å². The third-order valence-electron chi connectivity index (χ3n) is 4.70. The van der Waals surface area contributed by atoms with Gasteiger partial charge in [0.25, 0.3) is 0 Å². The van der Waals surface area contributed by atoms with Gasteiger partial charge in [-0.2, -0.15) is 25.3 Å². The summed E-state index contributed by atoms with van der Waals surface area (Å²) < 4.78 is -1.58. The molecule has 1 aromatic heterocycles. The van der Waals surface area contributed by atoms with Gasteiger partial charge in [0.1, 0.15) is 15.7 Å². The predicted octanol–water partition coefficient (Wildman–Crippen LogP) is 2.65. The van der Waals surface area contributed by atoms with Crippen LogP contribution in [0.25, 0.3) is 10.9 Å². The van der Waals surface area contributed by atoms with Gasteiger partial charge in [-0.3, -0.25) is 4.90 Å². The summed E-state index contributed by atoms with van der Waals surface area (Å²) >= 11 is 9.22. The van der Waals surface area contributed by atoms with E-state index in [-0.39, 0.29) is 5.92 Å². The third kappa shape index (κ3) is 2.36. The maximum absolute atomic E-state index is 6.44. The molecule has 0 amide bonds. The number of nitrogens with one attached hydrogen (secondary N) is 1. The van der Waals surface area contributed by atoms with E-state index in [0.717, 1.165) is 17.5 Å². The Morgan fingerprint density at radius 3 is 2.67 bits per heavy atom. The van der Waals surface area contributed by atoms with Gasteiger partial charge in [0.05, 0.1) is 0 Å². The average Bonchev–Trinajstić information content (AvgIpc) is 2.91. The number of fused-ring (bicyclic) bond motifs is 1. The Labute approximate surface area is 139 Å². The predicted molar refractivity (Wildman–Crippen MR) is 97.7 cm³/mol. The fourth-order valence-electron chi connectivity index (χ4n) is 3.17. The summed E-state index contributed by atoms with van der Waals surface area (Å²) in [4.78, 5) is 5.16. The normalized spacial score (nSPS) is 33.8. The standard InChI is InChI=1S/C15H18B2N2S2/c1-3-9-4-5-13-10(6-9)11(8-18-13)12-7-14(16,20)19(2)15(12,17)21/h4-6,8,12,18,20-21H,3,7H2,1-2H3. The zero-order chi connectivity index (χ0) is 15.4. The molecule has 106 valence electrons. The Kier molecular flexibility index (Phi) is 3.70. The van der Waals surface area contributed by atoms with E-state index < -0.39 is 9.54 Å². The molecule has 21 heavy (non-hydrogen) atoms. The number of benzene rings is 1. The first kappa shape index (κ1) is 15.4. The number of H-pyrrole nitrogens is 1. The lowest BCUT2D eigenvalue weighted by Crippen LogP contribution is -2.47. The van der Waals surface area contributed by atoms with Crippen LogP contribution in [-0.4, -0.2) is 42.2 Å². The Hall–Kier alpha value is -0.450. The quantitative estimate of drug-likeness (QED) is 0.575. The minimum absolute atomic E-state index is 0.00851. The second kappa shape index (κ2) is 5.04. The van der Waals surface area contributed by atoms with Crippen molar-refractivity contribution in [3.63, 3.8) is 0 Å². The summed E-state index contributed by atoms with van der Waals surface area (Å²) in [7, 11) is 14.6. The smallest absolute Gasteiger partial charge is 0.111 e. The van der Waals surface area contributed by atoms with Crippen molar-refractivity contribution in [1.82, 2.24) is 9.88 Å². The Morgan fingerprint density at radius 1 is 1.38 bits per heavy atom. The summed E-state index contributed by atoms with van der Waals surface area (Å²) in [5.74, 6) is 0.00851. The highest BCUT2D eigenvalue weighted by atomic mass is 32.1. The number of rotatable bonds is 2. The summed E-state index contributed by atoms with van der Waals surface area (Å²) in [5, 5.41) is 1.20. The lowest BCUT2D eigenvalue weighted by Gasteiger charge is -2.38. The molecular formula is C15H18B2N2S2. The van der Waals surface area contributed by atoms with Gasteiger partial charge in [-0.25, -0.2) is 0 Å². The van der Waals surface area contributed by atoms with E-state index in [1.54, 1.807) is 0 Å². The fourth-order valence-corrected chi connectivity index (χ4v) is 4.00. The number of likely N-dealkylation sites (tertiary alicyclic amines) is 1. The van der Waals surface area contributed by atoms with E-state index in [2.05, 4.69) is 55.4 Å². The SMILES string of the molecule is [B]C1(S)CC(c2c[nH]c3ccc(CC)cc23)C([B])(S)N1C. The van der Waals surface area contributed by atoms with Crippen LogP contribution in [0.1, 0.15) is 30.4 Å². The van der Waals surface area contributed by atoms with Crippen molar-refractivity contribution in [2.75, 3.05) is 7.05 Å². The van der Waals surface area contributed by atoms with Gasteiger partial charge in [-0.15, -0.1) is 0 Å². The molecule has 4 radical (unpaired) electrons. The number of aryl methyl sites for hydroxylation is 1. The van der Waals surface area contributed by atoms with E-state index >= 15 is 0 Å². The summed E-state index contributed by atoms with van der Waals surface area (Å²) in [6.45, 7) is 2.15. The molecule has 3 unspecified atom stereocenters. The fraction of sp³-hybridized carbons (Fsp3) is 0.467. The minimum Gasteiger partial charge on any atom is -0.361 e. The van der Waals surface area contributed by atoms with Gasteiger partial charge in [-0.1, -0.05) is 13.0 Å². The molecule has 0 saturated carbocycles. The van der Waals surface area contributed by atoms with Crippen LogP contribution in [0.5, 0.6) is 0 Å². The molecule has 2 aromatic rings. The van der Waals surface area contributed by atoms with E-state index in [1.807, 2.05) is 18.1 Å². The summed E-state index contributed by atoms with van der Waals surface area (Å²) in [5.41, 5.74) is 3.58. The molecule has 1 fully saturated rings. The first-order chi connectivity index (χ1) is 9.77. The molecule has 1 aliphatic heterocycles. The van der Waals surface area contributed by atoms with Crippen molar-refractivity contribution in [2.24, 2.45) is 0 Å². The Balaban J connectivity index is 2.12. The highest BCUT2D eigenvalue weighted by Gasteiger charge is 2.50. The molecule has 6 heteroatoms. The van der Waals surface area contributed by atoms with Gasteiger partial charge < -0.3 is 4.98 Å². The Morgan fingerprint density at radius 2 is 2.10 bits per heavy atom. The number of nitrogens with zero attached hydrogens (tertiary/aromatic N) is 1. The molecule has 0 spiro atoms. The monoisotopic (exact) mass is 312 g/mol. The summed E-state index contributed by atoms with van der Waals surface area (Å²) in [6.07, 6.45) is 3.68. The number of aromatic nitrogens is 1. The maximum atomic E-state index is 6.44. The summed E-state index contributed by atoms with van der Waals surface area (Å²) in [6, 6.07) is 6.48. The molecule has 1 saturated heterocycles. The van der Waals surface area contributed by atoms with Crippen LogP contribution in [0.4, 0.5) is 0 Å². The number of hydrogen-bond acceptors (Lipinski definition) is 3. The van der Waals surface area contributed by atoms with E-state index in [1.165, 1.54) is 10.9 Å². The van der Waals surface area contributed by atoms with Gasteiger partial charge in [-0.05, 0) is 43.1 Å². The first-order valence-corrected chi connectivity index (χ1v) is 8.03. The van der Waals surface area contributed by atoms with Crippen LogP contribution in [0, 0.1) is 0 Å². The van der Waals surface area contributed by atoms with Crippen molar-refractivity contribution < 1.29 is 0 Å². The zero-order valence-electron chi connectivity index (χ0n) is 12.3. The maximum Gasteiger partial charge on any atom is 0.111 e. The third-order valence-corrected chi connectivity index (χ3v) is 5.79. The molecule has 0 bridgehead atoms. The Bertz CT molecular complexity index is 681. The number of thiol groups is 2. The molecule has 1 aliphatic rings. The highest BCUT2D eigenvalue weighted by Crippen LogP contribution is 2.51. The van der Waals surface area contributed by atoms with Crippen molar-refractivity contribution in [1.29, 1.82) is 0 Å². The molecule has 2 nitrogen and oxygen atoms in total. The van der Waals surface area contributed by atoms with Gasteiger partial charge >= 0.3 is 0 Å². The molecule has 3 rings (SSSR count). The topological polar surface area (TPSA) is 19.0 Å². The van der Waals surface area contributed by atoms with E-state index in [4.69, 9.17) is 15.7 Å². The molecular weight excluding hydrogens is 294 g/mol. The van der Waals surface area contributed by atoms with Crippen LogP contribution in [0.15, 0.2) is 24.4 Å². The van der Waals surface area contributed by atoms with Crippen LogP contribution in [-0.2, 0) is 6.42 Å². The lowest BCUT2D eigenvalue weighted by atomic mass is 9.78. The second-order valence-corrected chi connectivity index (χ2v) is 7.45. The number of hydrogen-bond donors (Lipinski definition) is 3. The second-order valence-electron chi connectivity index (χ2n) is 5.95. The van der Waals surface area contributed by atoms with Crippen molar-refractivity contribution >= 4 is 51.9 Å². The molecule has 0 aliphatic carbocycles. The first-order valence-electron chi connectivity index (χ1n) is 7.13. The van der Waals surface area contributed by atoms with Crippen LogP contribution in [0.2, 0.25) is 0 Å². The van der Waals surface area contributed by atoms with Crippen LogP contribution < -0.4 is 0 Å². The molecule has 1 N–H and O–H groups in total.